The lowest BCUT2D eigenvalue weighted by Gasteiger charge is -2.23. The molecule has 0 nitrogen and oxygen atoms in total. The van der Waals surface area contributed by atoms with E-state index in [4.69, 9.17) is 0 Å². The summed E-state index contributed by atoms with van der Waals surface area (Å²) >= 11 is 0. The average Bonchev–Trinajstić information content (AvgIpc) is 1.78. The molecule has 0 amide bonds. The first-order chi connectivity index (χ1) is 6.01. The first kappa shape index (κ1) is 13.6. The summed E-state index contributed by atoms with van der Waals surface area (Å²) in [5, 5.41) is 0. The van der Waals surface area contributed by atoms with Gasteiger partial charge in [-0.05, 0) is 11.8 Å². The second-order valence-electron chi connectivity index (χ2n) is 3.64. The summed E-state index contributed by atoms with van der Waals surface area (Å²) in [5.74, 6) is -2.01. The van der Waals surface area contributed by atoms with Crippen molar-refractivity contribution in [1.82, 2.24) is 0 Å². The second kappa shape index (κ2) is 4.40. The molecule has 0 aliphatic rings. The van der Waals surface area contributed by atoms with Gasteiger partial charge in [0.05, 0.1) is 0 Å². The number of hydrogen-bond donors (Lipinski definition) is 0. The molecular formula is C8H12F6. The summed E-state index contributed by atoms with van der Waals surface area (Å²) in [6.45, 7) is 2.73. The van der Waals surface area contributed by atoms with Gasteiger partial charge >= 0.3 is 12.4 Å². The van der Waals surface area contributed by atoms with Gasteiger partial charge in [0.25, 0.3) is 0 Å². The molecule has 0 aliphatic carbocycles. The fourth-order valence-electron chi connectivity index (χ4n) is 1.14. The summed E-state index contributed by atoms with van der Waals surface area (Å²) in [6.07, 6.45) is -11.8. The molecule has 0 saturated carbocycles. The Balaban J connectivity index is 4.32. The molecule has 0 aliphatic heterocycles. The van der Waals surface area contributed by atoms with Crippen molar-refractivity contribution in [3.05, 3.63) is 0 Å². The molecule has 0 spiro atoms. The highest BCUT2D eigenvalue weighted by atomic mass is 19.4. The lowest BCUT2D eigenvalue weighted by atomic mass is 9.89. The molecule has 0 rings (SSSR count). The first-order valence-electron chi connectivity index (χ1n) is 4.15. The predicted molar refractivity (Wildman–Crippen MR) is 39.7 cm³/mol. The topological polar surface area (TPSA) is 0 Å². The van der Waals surface area contributed by atoms with Gasteiger partial charge in [-0.1, -0.05) is 13.8 Å². The fraction of sp³-hybridized carbons (Fsp3) is 1.00. The van der Waals surface area contributed by atoms with E-state index in [2.05, 4.69) is 0 Å². The largest absolute Gasteiger partial charge is 0.389 e. The van der Waals surface area contributed by atoms with Gasteiger partial charge in [-0.15, -0.1) is 0 Å². The van der Waals surface area contributed by atoms with E-state index >= 15 is 0 Å². The Morgan fingerprint density at radius 1 is 0.786 bits per heavy atom. The average molecular weight is 222 g/mol. The molecule has 0 aromatic heterocycles. The highest BCUT2D eigenvalue weighted by Crippen LogP contribution is 2.36. The molecule has 0 aromatic carbocycles. The number of halogens is 6. The van der Waals surface area contributed by atoms with Crippen molar-refractivity contribution in [3.8, 4) is 0 Å². The van der Waals surface area contributed by atoms with Gasteiger partial charge in [0.15, 0.2) is 0 Å². The SMILES string of the molecule is CC(C)C(CC(F)(F)F)CC(F)(F)F. The number of alkyl halides is 6. The minimum Gasteiger partial charge on any atom is -0.171 e. The van der Waals surface area contributed by atoms with Crippen molar-refractivity contribution in [1.29, 1.82) is 0 Å². The normalized spacial score (nSPS) is 14.1. The first-order valence-corrected chi connectivity index (χ1v) is 4.15. The summed E-state index contributed by atoms with van der Waals surface area (Å²) in [6, 6.07) is 0. The van der Waals surface area contributed by atoms with E-state index in [-0.39, 0.29) is 0 Å². The zero-order valence-corrected chi connectivity index (χ0v) is 7.84. The van der Waals surface area contributed by atoms with Crippen LogP contribution in [0.5, 0.6) is 0 Å². The van der Waals surface area contributed by atoms with Crippen LogP contribution in [0.4, 0.5) is 26.3 Å². The summed E-state index contributed by atoms with van der Waals surface area (Å²) in [7, 11) is 0. The van der Waals surface area contributed by atoms with E-state index < -0.39 is 37.0 Å². The minimum absolute atomic E-state index is 0.627. The van der Waals surface area contributed by atoms with Crippen LogP contribution in [0.1, 0.15) is 26.7 Å². The van der Waals surface area contributed by atoms with Crippen molar-refractivity contribution in [2.45, 2.75) is 39.0 Å². The van der Waals surface area contributed by atoms with Gasteiger partial charge in [-0.25, -0.2) is 0 Å². The second-order valence-corrected chi connectivity index (χ2v) is 3.64. The van der Waals surface area contributed by atoms with Crippen molar-refractivity contribution in [2.24, 2.45) is 11.8 Å². The van der Waals surface area contributed by atoms with E-state index in [0.29, 0.717) is 0 Å². The van der Waals surface area contributed by atoms with Crippen molar-refractivity contribution >= 4 is 0 Å². The molecule has 86 valence electrons. The van der Waals surface area contributed by atoms with E-state index in [1.54, 1.807) is 0 Å². The monoisotopic (exact) mass is 222 g/mol. The lowest BCUT2D eigenvalue weighted by Crippen LogP contribution is -2.25. The Morgan fingerprint density at radius 2 is 1.07 bits per heavy atom. The molecule has 14 heavy (non-hydrogen) atoms. The molecule has 0 aromatic rings. The third-order valence-corrected chi connectivity index (χ3v) is 1.93. The summed E-state index contributed by atoms with van der Waals surface area (Å²) in [5.41, 5.74) is 0. The maximum Gasteiger partial charge on any atom is 0.389 e. The lowest BCUT2D eigenvalue weighted by molar-refractivity contribution is -0.177. The van der Waals surface area contributed by atoms with E-state index in [9.17, 15) is 26.3 Å². The molecule has 0 unspecified atom stereocenters. The van der Waals surface area contributed by atoms with Crippen molar-refractivity contribution in [3.63, 3.8) is 0 Å². The smallest absolute Gasteiger partial charge is 0.171 e. The van der Waals surface area contributed by atoms with Crippen molar-refractivity contribution in [2.75, 3.05) is 0 Å². The zero-order valence-electron chi connectivity index (χ0n) is 7.84. The van der Waals surface area contributed by atoms with E-state index in [1.165, 1.54) is 13.8 Å². The molecule has 0 heterocycles. The fourth-order valence-corrected chi connectivity index (χ4v) is 1.14. The van der Waals surface area contributed by atoms with Crippen LogP contribution in [0.15, 0.2) is 0 Å². The third kappa shape index (κ3) is 7.03. The highest BCUT2D eigenvalue weighted by Gasteiger charge is 2.39. The molecule has 0 N–H and O–H groups in total. The van der Waals surface area contributed by atoms with Crippen LogP contribution in [0.3, 0.4) is 0 Å². The summed E-state index contributed by atoms with van der Waals surface area (Å²) < 4.78 is 71.2. The van der Waals surface area contributed by atoms with Crippen LogP contribution in [0.25, 0.3) is 0 Å². The van der Waals surface area contributed by atoms with Crippen LogP contribution in [0, 0.1) is 11.8 Å². The van der Waals surface area contributed by atoms with Crippen LogP contribution in [0.2, 0.25) is 0 Å². The molecule has 0 fully saturated rings. The van der Waals surface area contributed by atoms with E-state index in [0.717, 1.165) is 0 Å². The molecule has 0 radical (unpaired) electrons. The molecule has 6 heteroatoms. The summed E-state index contributed by atoms with van der Waals surface area (Å²) in [4.78, 5) is 0. The van der Waals surface area contributed by atoms with Gasteiger partial charge < -0.3 is 0 Å². The van der Waals surface area contributed by atoms with Crippen LogP contribution in [-0.4, -0.2) is 12.4 Å². The van der Waals surface area contributed by atoms with Gasteiger partial charge in [-0.2, -0.15) is 26.3 Å². The molecule has 0 atom stereocenters. The Hall–Kier alpha value is -0.420. The van der Waals surface area contributed by atoms with Crippen LogP contribution < -0.4 is 0 Å². The van der Waals surface area contributed by atoms with Crippen LogP contribution >= 0.6 is 0 Å². The quantitative estimate of drug-likeness (QED) is 0.629. The Morgan fingerprint density at radius 3 is 1.21 bits per heavy atom. The Kier molecular flexibility index (Phi) is 4.27. The molecule has 0 bridgehead atoms. The number of rotatable bonds is 3. The van der Waals surface area contributed by atoms with Gasteiger partial charge in [0.1, 0.15) is 0 Å². The van der Waals surface area contributed by atoms with Gasteiger partial charge in [-0.3, -0.25) is 0 Å². The Bertz CT molecular complexity index is 150. The minimum atomic E-state index is -4.53. The predicted octanol–water partition coefficient (Wildman–Crippen LogP) is 4.16. The molecule has 0 saturated heterocycles. The molecular weight excluding hydrogens is 210 g/mol. The number of hydrogen-bond acceptors (Lipinski definition) is 0. The van der Waals surface area contributed by atoms with Crippen molar-refractivity contribution < 1.29 is 26.3 Å². The van der Waals surface area contributed by atoms with Gasteiger partial charge in [0, 0.05) is 12.8 Å². The maximum atomic E-state index is 11.9. The standard InChI is InChI=1S/C8H12F6/c1-5(2)6(3-7(9,10)11)4-8(12,13)14/h5-6H,3-4H2,1-2H3. The van der Waals surface area contributed by atoms with E-state index in [1.807, 2.05) is 0 Å². The third-order valence-electron chi connectivity index (χ3n) is 1.93. The van der Waals surface area contributed by atoms with Crippen LogP contribution in [-0.2, 0) is 0 Å². The maximum absolute atomic E-state index is 11.9. The Labute approximate surface area is 78.3 Å². The highest BCUT2D eigenvalue weighted by molar-refractivity contribution is 4.70. The van der Waals surface area contributed by atoms with Gasteiger partial charge in [0.2, 0.25) is 0 Å². The zero-order chi connectivity index (χ0) is 11.6.